The number of carbonyl (C=O) groups excluding carboxylic acids is 1. The van der Waals surface area contributed by atoms with Crippen molar-refractivity contribution in [1.29, 1.82) is 0 Å². The highest BCUT2D eigenvalue weighted by molar-refractivity contribution is 5.70. The van der Waals surface area contributed by atoms with Gasteiger partial charge in [0.05, 0.1) is 6.61 Å². The summed E-state index contributed by atoms with van der Waals surface area (Å²) in [7, 11) is 0. The van der Waals surface area contributed by atoms with Gasteiger partial charge in [-0.3, -0.25) is 0 Å². The van der Waals surface area contributed by atoms with Gasteiger partial charge in [-0.05, 0) is 13.8 Å². The van der Waals surface area contributed by atoms with E-state index in [0.29, 0.717) is 6.61 Å². The molecule has 0 rings (SSSR count). The maximum Gasteiger partial charge on any atom is 0.347 e. The van der Waals surface area contributed by atoms with Gasteiger partial charge in [-0.1, -0.05) is 5.16 Å². The van der Waals surface area contributed by atoms with Crippen molar-refractivity contribution in [2.75, 3.05) is 13.2 Å². The van der Waals surface area contributed by atoms with Gasteiger partial charge in [-0.25, -0.2) is 4.79 Å². The van der Waals surface area contributed by atoms with Gasteiger partial charge < -0.3 is 9.57 Å². The second kappa shape index (κ2) is 6.07. The van der Waals surface area contributed by atoms with E-state index < -0.39 is 5.97 Å². The highest BCUT2D eigenvalue weighted by Crippen LogP contribution is 1.80. The Morgan fingerprint density at radius 2 is 2.50 bits per heavy atom. The molecule has 4 nitrogen and oxygen atoms in total. The molecular weight excluding hydrogens is 134 g/mol. The highest BCUT2D eigenvalue weighted by Gasteiger charge is 1.98. The second-order valence-corrected chi connectivity index (χ2v) is 1.37. The van der Waals surface area contributed by atoms with Crippen LogP contribution in [0.2, 0.25) is 0 Å². The summed E-state index contributed by atoms with van der Waals surface area (Å²) >= 11 is 0. The molecule has 0 fully saturated rings. The summed E-state index contributed by atoms with van der Waals surface area (Å²) in [5.41, 5.74) is 0. The maximum absolute atomic E-state index is 10.5. The summed E-state index contributed by atoms with van der Waals surface area (Å²) < 4.78 is 4.53. The van der Waals surface area contributed by atoms with Crippen molar-refractivity contribution in [1.82, 2.24) is 0 Å². The van der Waals surface area contributed by atoms with E-state index in [-0.39, 0.29) is 6.61 Å². The molecule has 0 saturated carbocycles. The first kappa shape index (κ1) is 8.94. The average molecular weight is 144 g/mol. The molecule has 4 heteroatoms. The lowest BCUT2D eigenvalue weighted by Crippen LogP contribution is -2.10. The molecule has 0 bridgehead atoms. The third kappa shape index (κ3) is 5.08. The van der Waals surface area contributed by atoms with Crippen LogP contribution in [0.4, 0.5) is 0 Å². The zero-order valence-corrected chi connectivity index (χ0v) is 5.87. The van der Waals surface area contributed by atoms with Crippen molar-refractivity contribution < 1.29 is 14.4 Å². The van der Waals surface area contributed by atoms with Crippen LogP contribution in [-0.4, -0.2) is 25.4 Å². The van der Waals surface area contributed by atoms with Crippen LogP contribution in [-0.2, 0) is 14.4 Å². The van der Waals surface area contributed by atoms with Crippen molar-refractivity contribution in [3.05, 3.63) is 6.92 Å². The molecule has 0 aliphatic heterocycles. The van der Waals surface area contributed by atoms with Crippen molar-refractivity contribution in [2.45, 2.75) is 6.92 Å². The summed E-state index contributed by atoms with van der Waals surface area (Å²) in [6.07, 6.45) is 1.21. The van der Waals surface area contributed by atoms with Crippen molar-refractivity contribution in [3.8, 4) is 0 Å². The molecule has 0 amide bonds. The fraction of sp³-hybridized carbons (Fsp3) is 0.500. The molecule has 0 atom stereocenters. The van der Waals surface area contributed by atoms with Crippen LogP contribution in [0, 0.1) is 6.92 Å². The monoisotopic (exact) mass is 144 g/mol. The van der Waals surface area contributed by atoms with Crippen LogP contribution in [0.5, 0.6) is 0 Å². The molecule has 57 valence electrons. The summed E-state index contributed by atoms with van der Waals surface area (Å²) in [5, 5.41) is 3.26. The zero-order valence-electron chi connectivity index (χ0n) is 5.87. The third-order valence-corrected chi connectivity index (χ3v) is 0.637. The topological polar surface area (TPSA) is 47.9 Å². The number of rotatable bonds is 4. The van der Waals surface area contributed by atoms with Crippen molar-refractivity contribution in [2.24, 2.45) is 5.16 Å². The number of ether oxygens (including phenoxy) is 1. The normalized spacial score (nSPS) is 9.80. The molecule has 0 heterocycles. The van der Waals surface area contributed by atoms with Gasteiger partial charge in [0.2, 0.25) is 6.61 Å². The van der Waals surface area contributed by atoms with Gasteiger partial charge >= 0.3 is 5.97 Å². The molecule has 0 aromatic rings. The van der Waals surface area contributed by atoms with Crippen LogP contribution in [0.1, 0.15) is 6.92 Å². The predicted octanol–water partition coefficient (Wildman–Crippen LogP) is 0.386. The summed E-state index contributed by atoms with van der Waals surface area (Å²) in [4.78, 5) is 14.9. The van der Waals surface area contributed by atoms with Gasteiger partial charge in [0.15, 0.2) is 0 Å². The molecule has 0 aromatic heterocycles. The summed E-state index contributed by atoms with van der Waals surface area (Å²) in [6, 6.07) is 0. The molecule has 0 aliphatic carbocycles. The summed E-state index contributed by atoms with van der Waals surface area (Å²) in [6.45, 7) is 5.19. The van der Waals surface area contributed by atoms with Gasteiger partial charge in [-0.2, -0.15) is 0 Å². The first-order valence-corrected chi connectivity index (χ1v) is 2.90. The van der Waals surface area contributed by atoms with E-state index in [1.54, 1.807) is 6.92 Å². The molecule has 0 N–H and O–H groups in total. The molecule has 0 saturated heterocycles. The molecule has 0 spiro atoms. The van der Waals surface area contributed by atoms with Crippen LogP contribution < -0.4 is 0 Å². The van der Waals surface area contributed by atoms with Crippen LogP contribution in [0.25, 0.3) is 0 Å². The summed E-state index contributed by atoms with van der Waals surface area (Å²) in [5.74, 6) is -0.423. The predicted molar refractivity (Wildman–Crippen MR) is 36.4 cm³/mol. The van der Waals surface area contributed by atoms with Crippen LogP contribution >= 0.6 is 0 Å². The quantitative estimate of drug-likeness (QED) is 0.325. The molecule has 0 unspecified atom stereocenters. The lowest BCUT2D eigenvalue weighted by Gasteiger charge is -1.98. The fourth-order valence-electron chi connectivity index (χ4n) is 0.345. The van der Waals surface area contributed by atoms with Crippen LogP contribution in [0.3, 0.4) is 0 Å². The van der Waals surface area contributed by atoms with Gasteiger partial charge in [0.25, 0.3) is 0 Å². The van der Waals surface area contributed by atoms with E-state index >= 15 is 0 Å². The molecular formula is C6H10NO3. The Labute approximate surface area is 59.8 Å². The minimum atomic E-state index is -0.423. The van der Waals surface area contributed by atoms with Crippen molar-refractivity contribution >= 4 is 12.2 Å². The number of esters is 1. The van der Waals surface area contributed by atoms with E-state index in [9.17, 15) is 4.79 Å². The number of nitrogens with zero attached hydrogens (tertiary/aromatic N) is 1. The minimum Gasteiger partial charge on any atom is -0.463 e. The third-order valence-electron chi connectivity index (χ3n) is 0.637. The number of hydrogen-bond acceptors (Lipinski definition) is 4. The Morgan fingerprint density at radius 1 is 1.80 bits per heavy atom. The first-order chi connectivity index (χ1) is 4.81. The number of hydrogen-bond donors (Lipinski definition) is 0. The van der Waals surface area contributed by atoms with Crippen molar-refractivity contribution in [3.63, 3.8) is 0 Å². The average Bonchev–Trinajstić information content (AvgIpc) is 1.89. The Balaban J connectivity index is 3.21. The smallest absolute Gasteiger partial charge is 0.347 e. The van der Waals surface area contributed by atoms with E-state index in [0.717, 1.165) is 0 Å². The van der Waals surface area contributed by atoms with Gasteiger partial charge in [0.1, 0.15) is 0 Å². The van der Waals surface area contributed by atoms with E-state index in [1.807, 2.05) is 0 Å². The lowest BCUT2D eigenvalue weighted by molar-refractivity contribution is -0.148. The molecule has 0 aromatic carbocycles. The lowest BCUT2D eigenvalue weighted by atomic mass is 10.7. The van der Waals surface area contributed by atoms with E-state index in [2.05, 4.69) is 21.7 Å². The minimum absolute atomic E-state index is 0.153. The largest absolute Gasteiger partial charge is 0.463 e. The second-order valence-electron chi connectivity index (χ2n) is 1.37. The van der Waals surface area contributed by atoms with Crippen LogP contribution in [0.15, 0.2) is 5.16 Å². The maximum atomic E-state index is 10.5. The first-order valence-electron chi connectivity index (χ1n) is 2.90. The van der Waals surface area contributed by atoms with E-state index in [1.165, 1.54) is 6.21 Å². The molecule has 10 heavy (non-hydrogen) atoms. The molecule has 1 radical (unpaired) electrons. The number of carbonyl (C=O) groups is 1. The SMILES string of the molecule is [CH2]C=NOCC(=O)OCC. The van der Waals surface area contributed by atoms with Gasteiger partial charge in [0, 0.05) is 6.21 Å². The number of oxime groups is 1. The molecule has 0 aliphatic rings. The fourth-order valence-corrected chi connectivity index (χ4v) is 0.345. The van der Waals surface area contributed by atoms with Gasteiger partial charge in [-0.15, -0.1) is 0 Å². The Morgan fingerprint density at radius 3 is 3.00 bits per heavy atom. The Hall–Kier alpha value is -1.06. The standard InChI is InChI=1S/C6H10NO3/c1-3-7-10-5-6(8)9-4-2/h3H,1,4-5H2,2H3. The van der Waals surface area contributed by atoms with E-state index in [4.69, 9.17) is 0 Å². The Bertz CT molecular complexity index is 122. The highest BCUT2D eigenvalue weighted by atomic mass is 16.6. The zero-order chi connectivity index (χ0) is 7.82. The Kier molecular flexibility index (Phi) is 5.42.